The highest BCUT2D eigenvalue weighted by Gasteiger charge is 2.40. The monoisotopic (exact) mass is 193 g/mol. The lowest BCUT2D eigenvalue weighted by molar-refractivity contribution is 0.223. The van der Waals surface area contributed by atoms with Crippen LogP contribution in [0.5, 0.6) is 0 Å². The summed E-state index contributed by atoms with van der Waals surface area (Å²) >= 11 is 0. The molecule has 0 radical (unpaired) electrons. The van der Waals surface area contributed by atoms with E-state index in [2.05, 4.69) is 31.3 Å². The fraction of sp³-hybridized carbons (Fsp3) is 0.667. The van der Waals surface area contributed by atoms with Crippen LogP contribution in [0.25, 0.3) is 0 Å². The third kappa shape index (κ3) is 1.38. The molecule has 1 fully saturated rings. The maximum atomic E-state index is 5.77. The zero-order chi connectivity index (χ0) is 10.2. The van der Waals surface area contributed by atoms with Crippen LogP contribution >= 0.6 is 0 Å². The summed E-state index contributed by atoms with van der Waals surface area (Å²) < 4.78 is 5.77. The van der Waals surface area contributed by atoms with Crippen LogP contribution < -0.4 is 5.32 Å². The van der Waals surface area contributed by atoms with Gasteiger partial charge in [0, 0.05) is 0 Å². The van der Waals surface area contributed by atoms with Gasteiger partial charge < -0.3 is 9.73 Å². The van der Waals surface area contributed by atoms with Crippen LogP contribution in [0, 0.1) is 12.8 Å². The number of aryl methyl sites for hydroxylation is 1. The number of rotatable bonds is 2. The van der Waals surface area contributed by atoms with E-state index in [0.29, 0.717) is 5.92 Å². The van der Waals surface area contributed by atoms with E-state index in [1.54, 1.807) is 0 Å². The molecule has 2 nitrogen and oxygen atoms in total. The molecule has 0 spiro atoms. The van der Waals surface area contributed by atoms with Gasteiger partial charge in [0.2, 0.25) is 0 Å². The molecular formula is C12H19NO. The Morgan fingerprint density at radius 1 is 1.43 bits per heavy atom. The van der Waals surface area contributed by atoms with Gasteiger partial charge in [-0.2, -0.15) is 0 Å². The highest BCUT2D eigenvalue weighted by molar-refractivity contribution is 5.18. The molecule has 2 heterocycles. The summed E-state index contributed by atoms with van der Waals surface area (Å²) in [6.07, 6.45) is 2.44. The van der Waals surface area contributed by atoms with Crippen molar-refractivity contribution in [3.63, 3.8) is 0 Å². The molecule has 1 aliphatic heterocycles. The number of hydrogen-bond donors (Lipinski definition) is 1. The molecule has 1 aromatic rings. The Hall–Kier alpha value is -0.760. The Morgan fingerprint density at radius 2 is 2.21 bits per heavy atom. The van der Waals surface area contributed by atoms with Crippen LogP contribution in [0.3, 0.4) is 0 Å². The zero-order valence-electron chi connectivity index (χ0n) is 9.26. The minimum absolute atomic E-state index is 0.0915. The normalized spacial score (nSPS) is 27.4. The van der Waals surface area contributed by atoms with Gasteiger partial charge in [0.1, 0.15) is 11.5 Å². The molecule has 1 N–H and O–H groups in total. The molecule has 0 amide bonds. The Bertz CT molecular complexity index is 308. The first-order chi connectivity index (χ1) is 6.65. The third-order valence-corrected chi connectivity index (χ3v) is 3.35. The maximum absolute atomic E-state index is 5.77. The lowest BCUT2D eigenvalue weighted by atomic mass is 9.83. The standard InChI is InChI=1S/C12H19NO/c1-9(2)12(7-4-8-13-12)11-6-5-10(3)14-11/h5-6,9,13H,4,7-8H2,1-3H3. The molecule has 78 valence electrons. The first-order valence-electron chi connectivity index (χ1n) is 5.47. The Labute approximate surface area is 85.7 Å². The van der Waals surface area contributed by atoms with E-state index < -0.39 is 0 Å². The maximum Gasteiger partial charge on any atom is 0.124 e. The summed E-state index contributed by atoms with van der Waals surface area (Å²) in [5, 5.41) is 3.61. The Balaban J connectivity index is 2.36. The van der Waals surface area contributed by atoms with E-state index in [0.717, 1.165) is 18.1 Å². The van der Waals surface area contributed by atoms with Crippen LogP contribution in [-0.2, 0) is 5.54 Å². The van der Waals surface area contributed by atoms with Crippen molar-refractivity contribution >= 4 is 0 Å². The average molecular weight is 193 g/mol. The van der Waals surface area contributed by atoms with Crippen molar-refractivity contribution in [2.45, 2.75) is 39.2 Å². The Kier molecular flexibility index (Phi) is 2.40. The van der Waals surface area contributed by atoms with Crippen molar-refractivity contribution in [3.8, 4) is 0 Å². The molecule has 1 atom stereocenters. The summed E-state index contributed by atoms with van der Waals surface area (Å²) in [5.74, 6) is 2.70. The Morgan fingerprint density at radius 3 is 2.64 bits per heavy atom. The lowest BCUT2D eigenvalue weighted by Gasteiger charge is -2.31. The molecule has 1 aliphatic rings. The number of nitrogens with one attached hydrogen (secondary N) is 1. The van der Waals surface area contributed by atoms with Gasteiger partial charge in [-0.15, -0.1) is 0 Å². The quantitative estimate of drug-likeness (QED) is 0.781. The molecule has 1 unspecified atom stereocenters. The van der Waals surface area contributed by atoms with Gasteiger partial charge in [0.15, 0.2) is 0 Å². The summed E-state index contributed by atoms with van der Waals surface area (Å²) in [5.41, 5.74) is 0.0915. The second-order valence-electron chi connectivity index (χ2n) is 4.57. The smallest absolute Gasteiger partial charge is 0.124 e. The van der Waals surface area contributed by atoms with Gasteiger partial charge in [0.25, 0.3) is 0 Å². The molecule has 0 aliphatic carbocycles. The highest BCUT2D eigenvalue weighted by Crippen LogP contribution is 2.38. The van der Waals surface area contributed by atoms with E-state index in [1.165, 1.54) is 12.8 Å². The summed E-state index contributed by atoms with van der Waals surface area (Å²) in [7, 11) is 0. The fourth-order valence-corrected chi connectivity index (χ4v) is 2.43. The summed E-state index contributed by atoms with van der Waals surface area (Å²) in [4.78, 5) is 0. The van der Waals surface area contributed by atoms with E-state index in [4.69, 9.17) is 4.42 Å². The van der Waals surface area contributed by atoms with Crippen LogP contribution in [-0.4, -0.2) is 6.54 Å². The van der Waals surface area contributed by atoms with Gasteiger partial charge in [-0.3, -0.25) is 0 Å². The average Bonchev–Trinajstić information content (AvgIpc) is 2.71. The molecule has 14 heavy (non-hydrogen) atoms. The van der Waals surface area contributed by atoms with Crippen LogP contribution in [0.2, 0.25) is 0 Å². The van der Waals surface area contributed by atoms with Gasteiger partial charge in [0.05, 0.1) is 5.54 Å². The molecule has 0 aromatic carbocycles. The molecule has 2 rings (SSSR count). The van der Waals surface area contributed by atoms with Gasteiger partial charge in [-0.05, 0) is 44.4 Å². The molecule has 0 saturated carbocycles. The summed E-state index contributed by atoms with van der Waals surface area (Å²) in [6, 6.07) is 4.17. The van der Waals surface area contributed by atoms with Crippen molar-refractivity contribution in [2.75, 3.05) is 6.54 Å². The zero-order valence-corrected chi connectivity index (χ0v) is 9.26. The summed E-state index contributed by atoms with van der Waals surface area (Å²) in [6.45, 7) is 7.64. The first kappa shape index (κ1) is 9.78. The molecular weight excluding hydrogens is 174 g/mol. The third-order valence-electron chi connectivity index (χ3n) is 3.35. The second-order valence-corrected chi connectivity index (χ2v) is 4.57. The second kappa shape index (κ2) is 3.43. The van der Waals surface area contributed by atoms with Crippen molar-refractivity contribution in [2.24, 2.45) is 5.92 Å². The van der Waals surface area contributed by atoms with E-state index in [9.17, 15) is 0 Å². The molecule has 2 heteroatoms. The largest absolute Gasteiger partial charge is 0.464 e. The molecule has 1 aromatic heterocycles. The predicted molar refractivity (Wildman–Crippen MR) is 57.2 cm³/mol. The predicted octanol–water partition coefficient (Wildman–Crippen LogP) is 2.82. The topological polar surface area (TPSA) is 25.2 Å². The number of hydrogen-bond acceptors (Lipinski definition) is 2. The van der Waals surface area contributed by atoms with Crippen LogP contribution in [0.4, 0.5) is 0 Å². The lowest BCUT2D eigenvalue weighted by Crippen LogP contribution is -2.41. The van der Waals surface area contributed by atoms with E-state index >= 15 is 0 Å². The van der Waals surface area contributed by atoms with E-state index in [-0.39, 0.29) is 5.54 Å². The highest BCUT2D eigenvalue weighted by atomic mass is 16.3. The van der Waals surface area contributed by atoms with Gasteiger partial charge >= 0.3 is 0 Å². The number of furan rings is 1. The van der Waals surface area contributed by atoms with Crippen LogP contribution in [0.1, 0.15) is 38.2 Å². The molecule has 0 bridgehead atoms. The fourth-order valence-electron chi connectivity index (χ4n) is 2.43. The van der Waals surface area contributed by atoms with Crippen molar-refractivity contribution in [1.29, 1.82) is 0 Å². The van der Waals surface area contributed by atoms with E-state index in [1.807, 2.05) is 6.92 Å². The SMILES string of the molecule is Cc1ccc(C2(C(C)C)CCCN2)o1. The minimum Gasteiger partial charge on any atom is -0.464 e. The first-order valence-corrected chi connectivity index (χ1v) is 5.47. The van der Waals surface area contributed by atoms with Crippen molar-refractivity contribution in [3.05, 3.63) is 23.7 Å². The molecule has 1 saturated heterocycles. The van der Waals surface area contributed by atoms with Crippen molar-refractivity contribution in [1.82, 2.24) is 5.32 Å². The van der Waals surface area contributed by atoms with Crippen molar-refractivity contribution < 1.29 is 4.42 Å². The minimum atomic E-state index is 0.0915. The van der Waals surface area contributed by atoms with Gasteiger partial charge in [-0.1, -0.05) is 13.8 Å². The van der Waals surface area contributed by atoms with Crippen LogP contribution in [0.15, 0.2) is 16.5 Å². The van der Waals surface area contributed by atoms with Gasteiger partial charge in [-0.25, -0.2) is 0 Å².